The minimum absolute atomic E-state index is 0.0547. The molecular weight excluding hydrogens is 198 g/mol. The number of nitrogens with two attached hydrogens (primary N) is 1. The summed E-state index contributed by atoms with van der Waals surface area (Å²) < 4.78 is 2.08. The monoisotopic (exact) mass is 221 g/mol. The molecule has 0 bridgehead atoms. The highest BCUT2D eigenvalue weighted by atomic mass is 15.0. The van der Waals surface area contributed by atoms with Gasteiger partial charge >= 0.3 is 0 Å². The number of nitrogens with zero attached hydrogens (tertiary/aromatic N) is 2. The van der Waals surface area contributed by atoms with Gasteiger partial charge < -0.3 is 10.3 Å². The van der Waals surface area contributed by atoms with Crippen molar-refractivity contribution in [3.63, 3.8) is 0 Å². The van der Waals surface area contributed by atoms with Crippen molar-refractivity contribution < 1.29 is 0 Å². The minimum atomic E-state index is -0.0547. The first-order chi connectivity index (χ1) is 7.40. The molecule has 1 unspecified atom stereocenters. The molecule has 1 fully saturated rings. The Hall–Kier alpha value is -0.830. The molecule has 1 saturated carbocycles. The summed E-state index contributed by atoms with van der Waals surface area (Å²) in [6, 6.07) is 0. The molecule has 1 aliphatic carbocycles. The van der Waals surface area contributed by atoms with Gasteiger partial charge in [0.25, 0.3) is 0 Å². The number of aromatic nitrogens is 2. The first-order valence-electron chi connectivity index (χ1n) is 6.15. The van der Waals surface area contributed by atoms with E-state index in [1.165, 1.54) is 12.8 Å². The predicted octanol–water partition coefficient (Wildman–Crippen LogP) is 2.26. The lowest BCUT2D eigenvalue weighted by molar-refractivity contribution is 0.148. The summed E-state index contributed by atoms with van der Waals surface area (Å²) >= 11 is 0. The van der Waals surface area contributed by atoms with E-state index in [0.717, 1.165) is 25.1 Å². The second kappa shape index (κ2) is 3.88. The van der Waals surface area contributed by atoms with Crippen LogP contribution in [0.25, 0.3) is 0 Å². The van der Waals surface area contributed by atoms with Crippen LogP contribution in [0.4, 0.5) is 0 Å². The molecule has 90 valence electrons. The van der Waals surface area contributed by atoms with Crippen molar-refractivity contribution in [2.75, 3.05) is 0 Å². The Bertz CT molecular complexity index is 367. The van der Waals surface area contributed by atoms with Crippen LogP contribution in [0.15, 0.2) is 12.4 Å². The van der Waals surface area contributed by atoms with E-state index in [-0.39, 0.29) is 5.54 Å². The first kappa shape index (κ1) is 11.6. The van der Waals surface area contributed by atoms with Gasteiger partial charge in [0, 0.05) is 31.4 Å². The van der Waals surface area contributed by atoms with E-state index in [4.69, 9.17) is 5.73 Å². The van der Waals surface area contributed by atoms with Gasteiger partial charge in [-0.25, -0.2) is 4.98 Å². The number of hydrogen-bond acceptors (Lipinski definition) is 2. The summed E-state index contributed by atoms with van der Waals surface area (Å²) in [5, 5.41) is 0. The van der Waals surface area contributed by atoms with Crippen LogP contribution in [0.5, 0.6) is 0 Å². The molecule has 0 saturated heterocycles. The Morgan fingerprint density at radius 1 is 1.44 bits per heavy atom. The molecule has 1 heterocycles. The van der Waals surface area contributed by atoms with Crippen LogP contribution in [-0.2, 0) is 13.5 Å². The standard InChI is InChI=1S/C13H23N3/c1-12(2)5-4-6-13(14,10-12)9-11-15-7-8-16(11)3/h7-8H,4-6,9-10,14H2,1-3H3. The minimum Gasteiger partial charge on any atom is -0.338 e. The molecule has 0 amide bonds. The normalized spacial score (nSPS) is 29.2. The molecule has 1 aromatic heterocycles. The largest absolute Gasteiger partial charge is 0.338 e. The zero-order valence-electron chi connectivity index (χ0n) is 10.7. The van der Waals surface area contributed by atoms with Gasteiger partial charge in [0.2, 0.25) is 0 Å². The summed E-state index contributed by atoms with van der Waals surface area (Å²) in [6.07, 6.45) is 9.52. The Morgan fingerprint density at radius 2 is 2.19 bits per heavy atom. The van der Waals surface area contributed by atoms with E-state index in [9.17, 15) is 0 Å². The van der Waals surface area contributed by atoms with Crippen LogP contribution in [0.1, 0.15) is 45.4 Å². The Labute approximate surface area is 98.1 Å². The van der Waals surface area contributed by atoms with Crippen molar-refractivity contribution in [3.8, 4) is 0 Å². The van der Waals surface area contributed by atoms with Gasteiger partial charge in [-0.15, -0.1) is 0 Å². The summed E-state index contributed by atoms with van der Waals surface area (Å²) in [5.41, 5.74) is 6.87. The highest BCUT2D eigenvalue weighted by Gasteiger charge is 2.37. The van der Waals surface area contributed by atoms with Gasteiger partial charge in [-0.2, -0.15) is 0 Å². The second-order valence-electron chi connectivity index (χ2n) is 6.19. The zero-order chi connectivity index (χ0) is 11.8. The fourth-order valence-corrected chi connectivity index (χ4v) is 3.08. The SMILES string of the molecule is Cn1ccnc1CC1(N)CCCC(C)(C)C1. The third kappa shape index (κ3) is 2.46. The van der Waals surface area contributed by atoms with Gasteiger partial charge in [0.15, 0.2) is 0 Å². The van der Waals surface area contributed by atoms with E-state index >= 15 is 0 Å². The highest BCUT2D eigenvalue weighted by Crippen LogP contribution is 2.40. The summed E-state index contributed by atoms with van der Waals surface area (Å²) in [4.78, 5) is 4.39. The van der Waals surface area contributed by atoms with E-state index < -0.39 is 0 Å². The summed E-state index contributed by atoms with van der Waals surface area (Å²) in [6.45, 7) is 4.65. The number of rotatable bonds is 2. The lowest BCUT2D eigenvalue weighted by atomic mass is 9.67. The van der Waals surface area contributed by atoms with Crippen molar-refractivity contribution in [1.82, 2.24) is 9.55 Å². The van der Waals surface area contributed by atoms with Crippen LogP contribution in [0.3, 0.4) is 0 Å². The van der Waals surface area contributed by atoms with Gasteiger partial charge in [0.05, 0.1) is 0 Å². The third-order valence-electron chi connectivity index (χ3n) is 3.79. The quantitative estimate of drug-likeness (QED) is 0.832. The number of hydrogen-bond donors (Lipinski definition) is 1. The molecule has 1 aliphatic rings. The fourth-order valence-electron chi connectivity index (χ4n) is 3.08. The zero-order valence-corrected chi connectivity index (χ0v) is 10.7. The molecule has 2 rings (SSSR count). The van der Waals surface area contributed by atoms with Crippen molar-refractivity contribution in [2.24, 2.45) is 18.2 Å². The molecule has 2 N–H and O–H groups in total. The Morgan fingerprint density at radius 3 is 2.75 bits per heavy atom. The van der Waals surface area contributed by atoms with E-state index in [2.05, 4.69) is 23.4 Å². The maximum absolute atomic E-state index is 6.54. The molecule has 0 aliphatic heterocycles. The van der Waals surface area contributed by atoms with Crippen LogP contribution in [0.2, 0.25) is 0 Å². The van der Waals surface area contributed by atoms with Gasteiger partial charge in [-0.3, -0.25) is 0 Å². The van der Waals surface area contributed by atoms with Crippen LogP contribution < -0.4 is 5.73 Å². The van der Waals surface area contributed by atoms with E-state index in [1.807, 2.05) is 19.4 Å². The number of imidazole rings is 1. The highest BCUT2D eigenvalue weighted by molar-refractivity contribution is 5.03. The van der Waals surface area contributed by atoms with Crippen LogP contribution >= 0.6 is 0 Å². The number of aryl methyl sites for hydroxylation is 1. The average Bonchev–Trinajstić information content (AvgIpc) is 2.48. The van der Waals surface area contributed by atoms with Gasteiger partial charge in [-0.1, -0.05) is 20.3 Å². The van der Waals surface area contributed by atoms with Crippen molar-refractivity contribution in [3.05, 3.63) is 18.2 Å². The second-order valence-corrected chi connectivity index (χ2v) is 6.19. The fraction of sp³-hybridized carbons (Fsp3) is 0.769. The predicted molar refractivity (Wildman–Crippen MR) is 66.1 cm³/mol. The smallest absolute Gasteiger partial charge is 0.110 e. The summed E-state index contributed by atoms with van der Waals surface area (Å²) in [5.74, 6) is 1.11. The van der Waals surface area contributed by atoms with Crippen LogP contribution in [-0.4, -0.2) is 15.1 Å². The molecular formula is C13H23N3. The van der Waals surface area contributed by atoms with E-state index in [1.54, 1.807) is 0 Å². The lowest BCUT2D eigenvalue weighted by Crippen LogP contribution is -2.49. The molecule has 1 aromatic rings. The summed E-state index contributed by atoms with van der Waals surface area (Å²) in [7, 11) is 2.04. The molecule has 0 radical (unpaired) electrons. The lowest BCUT2D eigenvalue weighted by Gasteiger charge is -2.42. The van der Waals surface area contributed by atoms with Crippen molar-refractivity contribution in [2.45, 2.75) is 51.5 Å². The maximum Gasteiger partial charge on any atom is 0.110 e. The molecule has 1 atom stereocenters. The molecule has 0 aromatic carbocycles. The third-order valence-corrected chi connectivity index (χ3v) is 3.79. The first-order valence-corrected chi connectivity index (χ1v) is 6.15. The molecule has 0 spiro atoms. The molecule has 16 heavy (non-hydrogen) atoms. The van der Waals surface area contributed by atoms with Crippen molar-refractivity contribution in [1.29, 1.82) is 0 Å². The van der Waals surface area contributed by atoms with Gasteiger partial charge in [0.1, 0.15) is 5.82 Å². The van der Waals surface area contributed by atoms with Gasteiger partial charge in [-0.05, 0) is 24.7 Å². The topological polar surface area (TPSA) is 43.8 Å². The Balaban J connectivity index is 2.11. The average molecular weight is 221 g/mol. The Kier molecular flexibility index (Phi) is 2.82. The van der Waals surface area contributed by atoms with Crippen LogP contribution in [0, 0.1) is 5.41 Å². The maximum atomic E-state index is 6.54. The molecule has 3 heteroatoms. The van der Waals surface area contributed by atoms with E-state index in [0.29, 0.717) is 5.41 Å². The van der Waals surface area contributed by atoms with Crippen molar-refractivity contribution >= 4 is 0 Å². The molecule has 3 nitrogen and oxygen atoms in total.